The van der Waals surface area contributed by atoms with Crippen LogP contribution in [-0.2, 0) is 10.0 Å². The molecule has 0 radical (unpaired) electrons. The molecular weight excluding hydrogens is 224 g/mol. The van der Waals surface area contributed by atoms with Crippen LogP contribution in [0.3, 0.4) is 0 Å². The van der Waals surface area contributed by atoms with Crippen LogP contribution < -0.4 is 10.0 Å². The number of rotatable bonds is 4. The van der Waals surface area contributed by atoms with E-state index < -0.39 is 10.0 Å². The Morgan fingerprint density at radius 2 is 1.81 bits per heavy atom. The van der Waals surface area contributed by atoms with Crippen molar-refractivity contribution in [2.45, 2.75) is 23.3 Å². The van der Waals surface area contributed by atoms with Crippen LogP contribution in [0.1, 0.15) is 17.9 Å². The highest BCUT2D eigenvalue weighted by molar-refractivity contribution is 7.89. The summed E-state index contributed by atoms with van der Waals surface area (Å²) in [5.41, 5.74) is 1.20. The molecule has 0 spiro atoms. The lowest BCUT2D eigenvalue weighted by atomic mass is 10.1. The third-order valence-electron chi connectivity index (χ3n) is 3.05. The van der Waals surface area contributed by atoms with Crippen LogP contribution in [0.25, 0.3) is 0 Å². The van der Waals surface area contributed by atoms with E-state index in [0.29, 0.717) is 16.9 Å². The van der Waals surface area contributed by atoms with Gasteiger partial charge in [-0.05, 0) is 38.2 Å². The molecule has 1 fully saturated rings. The van der Waals surface area contributed by atoms with Crippen LogP contribution >= 0.6 is 0 Å². The average molecular weight is 240 g/mol. The standard InChI is InChI=1S/C11H16N2O2S/c1-12-11-7-10(11)8-3-5-9(6-4-8)16(14,15)13-2/h3-6,10-13H,7H2,1-2H3/t10-,11+/m0/s1. The van der Waals surface area contributed by atoms with Crippen LogP contribution in [-0.4, -0.2) is 28.6 Å². The second-order valence-corrected chi connectivity index (χ2v) is 5.90. The van der Waals surface area contributed by atoms with Gasteiger partial charge in [-0.15, -0.1) is 0 Å². The molecule has 1 aliphatic rings. The molecule has 2 rings (SSSR count). The SMILES string of the molecule is CN[C@@H]1C[C@H]1c1ccc(S(=O)(=O)NC)cc1. The van der Waals surface area contributed by atoms with Gasteiger partial charge in [-0.25, -0.2) is 13.1 Å². The lowest BCUT2D eigenvalue weighted by Gasteiger charge is -2.04. The lowest BCUT2D eigenvalue weighted by molar-refractivity contribution is 0.588. The molecular formula is C11H16N2O2S. The second-order valence-electron chi connectivity index (χ2n) is 4.01. The summed E-state index contributed by atoms with van der Waals surface area (Å²) in [6.45, 7) is 0. The smallest absolute Gasteiger partial charge is 0.240 e. The first-order valence-electron chi connectivity index (χ1n) is 5.29. The number of likely N-dealkylation sites (N-methyl/N-ethyl adjacent to an activating group) is 1. The maximum absolute atomic E-state index is 11.5. The minimum Gasteiger partial charge on any atom is -0.316 e. The highest BCUT2D eigenvalue weighted by atomic mass is 32.2. The van der Waals surface area contributed by atoms with Gasteiger partial charge in [0.1, 0.15) is 0 Å². The summed E-state index contributed by atoms with van der Waals surface area (Å²) in [7, 11) is 0.0618. The first-order chi connectivity index (χ1) is 7.58. The Morgan fingerprint density at radius 1 is 1.19 bits per heavy atom. The fourth-order valence-corrected chi connectivity index (χ4v) is 2.62. The van der Waals surface area contributed by atoms with Gasteiger partial charge in [-0.2, -0.15) is 0 Å². The van der Waals surface area contributed by atoms with Gasteiger partial charge in [-0.3, -0.25) is 0 Å². The van der Waals surface area contributed by atoms with E-state index in [2.05, 4.69) is 10.0 Å². The van der Waals surface area contributed by atoms with Gasteiger partial charge in [0.25, 0.3) is 0 Å². The van der Waals surface area contributed by atoms with Crippen molar-refractivity contribution in [3.63, 3.8) is 0 Å². The third-order valence-corrected chi connectivity index (χ3v) is 4.48. The van der Waals surface area contributed by atoms with Crippen molar-refractivity contribution >= 4 is 10.0 Å². The van der Waals surface area contributed by atoms with E-state index in [1.54, 1.807) is 12.1 Å². The predicted molar refractivity (Wildman–Crippen MR) is 62.9 cm³/mol. The Labute approximate surface area is 96.1 Å². The largest absolute Gasteiger partial charge is 0.316 e. The zero-order chi connectivity index (χ0) is 11.8. The molecule has 1 aliphatic carbocycles. The zero-order valence-corrected chi connectivity index (χ0v) is 10.2. The van der Waals surface area contributed by atoms with E-state index in [4.69, 9.17) is 0 Å². The Morgan fingerprint density at radius 3 is 2.25 bits per heavy atom. The van der Waals surface area contributed by atoms with Gasteiger partial charge < -0.3 is 5.32 Å². The number of hydrogen-bond donors (Lipinski definition) is 2. The monoisotopic (exact) mass is 240 g/mol. The van der Waals surface area contributed by atoms with Crippen LogP contribution in [0, 0.1) is 0 Å². The zero-order valence-electron chi connectivity index (χ0n) is 9.40. The summed E-state index contributed by atoms with van der Waals surface area (Å²) in [5, 5.41) is 3.21. The predicted octanol–water partition coefficient (Wildman–Crippen LogP) is 0.670. The van der Waals surface area contributed by atoms with Gasteiger partial charge in [0.15, 0.2) is 0 Å². The summed E-state index contributed by atoms with van der Waals surface area (Å²) < 4.78 is 25.3. The molecule has 0 aromatic heterocycles. The van der Waals surface area contributed by atoms with Crippen molar-refractivity contribution < 1.29 is 8.42 Å². The molecule has 16 heavy (non-hydrogen) atoms. The molecule has 4 nitrogen and oxygen atoms in total. The van der Waals surface area contributed by atoms with E-state index in [1.807, 2.05) is 19.2 Å². The van der Waals surface area contributed by atoms with Crippen molar-refractivity contribution in [3.05, 3.63) is 29.8 Å². The minimum atomic E-state index is -3.30. The van der Waals surface area contributed by atoms with Crippen molar-refractivity contribution in [1.29, 1.82) is 0 Å². The van der Waals surface area contributed by atoms with Gasteiger partial charge in [0.2, 0.25) is 10.0 Å². The molecule has 0 unspecified atom stereocenters. The second kappa shape index (κ2) is 4.16. The minimum absolute atomic E-state index is 0.320. The quantitative estimate of drug-likeness (QED) is 0.813. The molecule has 88 valence electrons. The number of benzene rings is 1. The van der Waals surface area contributed by atoms with E-state index in [0.717, 1.165) is 6.42 Å². The molecule has 2 atom stereocenters. The van der Waals surface area contributed by atoms with Crippen LogP contribution in [0.4, 0.5) is 0 Å². The van der Waals surface area contributed by atoms with Crippen molar-refractivity contribution in [3.8, 4) is 0 Å². The van der Waals surface area contributed by atoms with Gasteiger partial charge in [0, 0.05) is 12.0 Å². The maximum atomic E-state index is 11.5. The third kappa shape index (κ3) is 2.11. The number of hydrogen-bond acceptors (Lipinski definition) is 3. The molecule has 0 heterocycles. The summed E-state index contributed by atoms with van der Waals surface area (Å²) in [6, 6.07) is 7.66. The summed E-state index contributed by atoms with van der Waals surface area (Å²) in [4.78, 5) is 0.320. The first-order valence-corrected chi connectivity index (χ1v) is 6.77. The fraction of sp³-hybridized carbons (Fsp3) is 0.455. The Kier molecular flexibility index (Phi) is 3.01. The fourth-order valence-electron chi connectivity index (χ4n) is 1.89. The van der Waals surface area contributed by atoms with E-state index in [1.165, 1.54) is 12.6 Å². The van der Waals surface area contributed by atoms with E-state index >= 15 is 0 Å². The Bertz CT molecular complexity index is 467. The highest BCUT2D eigenvalue weighted by Crippen LogP contribution is 2.40. The highest BCUT2D eigenvalue weighted by Gasteiger charge is 2.36. The first kappa shape index (κ1) is 11.6. The van der Waals surface area contributed by atoms with Crippen LogP contribution in [0.2, 0.25) is 0 Å². The maximum Gasteiger partial charge on any atom is 0.240 e. The van der Waals surface area contributed by atoms with Crippen molar-refractivity contribution in [2.24, 2.45) is 0 Å². The molecule has 0 saturated heterocycles. The number of sulfonamides is 1. The molecule has 1 aromatic carbocycles. The molecule has 5 heteroatoms. The Balaban J connectivity index is 2.18. The molecule has 1 saturated carbocycles. The average Bonchev–Trinajstić information content (AvgIpc) is 3.08. The lowest BCUT2D eigenvalue weighted by Crippen LogP contribution is -2.18. The normalized spacial score (nSPS) is 24.4. The summed E-state index contributed by atoms with van der Waals surface area (Å²) in [6.07, 6.45) is 1.13. The van der Waals surface area contributed by atoms with E-state index in [9.17, 15) is 8.42 Å². The number of nitrogens with one attached hydrogen (secondary N) is 2. The molecule has 0 bridgehead atoms. The van der Waals surface area contributed by atoms with Gasteiger partial charge in [-0.1, -0.05) is 12.1 Å². The van der Waals surface area contributed by atoms with E-state index in [-0.39, 0.29) is 0 Å². The molecule has 0 aliphatic heterocycles. The Hall–Kier alpha value is -0.910. The molecule has 2 N–H and O–H groups in total. The van der Waals surface area contributed by atoms with Gasteiger partial charge in [0.05, 0.1) is 4.90 Å². The molecule has 0 amide bonds. The van der Waals surface area contributed by atoms with Crippen molar-refractivity contribution in [1.82, 2.24) is 10.0 Å². The van der Waals surface area contributed by atoms with Crippen LogP contribution in [0.5, 0.6) is 0 Å². The van der Waals surface area contributed by atoms with Gasteiger partial charge >= 0.3 is 0 Å². The van der Waals surface area contributed by atoms with Crippen molar-refractivity contribution in [2.75, 3.05) is 14.1 Å². The molecule has 1 aromatic rings. The summed E-state index contributed by atoms with van der Waals surface area (Å²) >= 11 is 0. The topological polar surface area (TPSA) is 58.2 Å². The summed E-state index contributed by atoms with van der Waals surface area (Å²) in [5.74, 6) is 0.538. The van der Waals surface area contributed by atoms with Crippen LogP contribution in [0.15, 0.2) is 29.2 Å².